The zero-order valence-electron chi connectivity index (χ0n) is 15.3. The molecule has 0 aliphatic carbocycles. The predicted molar refractivity (Wildman–Crippen MR) is 100 cm³/mol. The van der Waals surface area contributed by atoms with Gasteiger partial charge in [-0.15, -0.1) is 0 Å². The van der Waals surface area contributed by atoms with Crippen molar-refractivity contribution in [3.8, 4) is 0 Å². The maximum Gasteiger partial charge on any atom is 0.274 e. The van der Waals surface area contributed by atoms with Gasteiger partial charge in [-0.25, -0.2) is 9.97 Å². The quantitative estimate of drug-likeness (QED) is 0.707. The highest BCUT2D eigenvalue weighted by Crippen LogP contribution is 2.32. The van der Waals surface area contributed by atoms with Crippen LogP contribution in [0.3, 0.4) is 0 Å². The van der Waals surface area contributed by atoms with Crippen LogP contribution in [-0.4, -0.2) is 32.3 Å². The molecular weight excluding hydrogens is 340 g/mol. The smallest absolute Gasteiger partial charge is 0.274 e. The SMILES string of the molecule is Cc1cnc(C(=O)N2CCCC[C@@H]2c2ncc(Cc3ccccc3)o2)cn1. The van der Waals surface area contributed by atoms with E-state index in [1.807, 2.05) is 30.0 Å². The first-order valence-corrected chi connectivity index (χ1v) is 9.29. The summed E-state index contributed by atoms with van der Waals surface area (Å²) in [6.07, 6.45) is 8.48. The standard InChI is InChI=1S/C21H22N4O2/c1-15-12-23-18(14-22-15)21(26)25-10-6-5-9-19(25)20-24-13-17(27-20)11-16-7-3-2-4-8-16/h2-4,7-8,12-14,19H,5-6,9-11H2,1H3/t19-/m1/s1. The van der Waals surface area contributed by atoms with Crippen LogP contribution in [0.25, 0.3) is 0 Å². The first kappa shape index (κ1) is 17.4. The zero-order valence-corrected chi connectivity index (χ0v) is 15.3. The Morgan fingerprint density at radius 1 is 1.11 bits per heavy atom. The lowest BCUT2D eigenvalue weighted by Gasteiger charge is -2.33. The number of oxazole rings is 1. The molecule has 6 nitrogen and oxygen atoms in total. The third-order valence-corrected chi connectivity index (χ3v) is 4.84. The molecule has 3 heterocycles. The van der Waals surface area contributed by atoms with Crippen molar-refractivity contribution in [3.63, 3.8) is 0 Å². The second-order valence-electron chi connectivity index (χ2n) is 6.88. The van der Waals surface area contributed by atoms with Gasteiger partial charge < -0.3 is 9.32 Å². The van der Waals surface area contributed by atoms with Crippen molar-refractivity contribution < 1.29 is 9.21 Å². The number of aromatic nitrogens is 3. The normalized spacial score (nSPS) is 17.1. The average Bonchev–Trinajstić information content (AvgIpc) is 3.17. The molecule has 0 bridgehead atoms. The molecule has 0 saturated carbocycles. The van der Waals surface area contributed by atoms with E-state index < -0.39 is 0 Å². The van der Waals surface area contributed by atoms with Gasteiger partial charge in [0.05, 0.1) is 18.1 Å². The molecule has 3 aromatic rings. The van der Waals surface area contributed by atoms with E-state index in [0.29, 0.717) is 24.6 Å². The first-order chi connectivity index (χ1) is 13.2. The lowest BCUT2D eigenvalue weighted by Crippen LogP contribution is -2.39. The van der Waals surface area contributed by atoms with E-state index in [1.165, 1.54) is 5.56 Å². The summed E-state index contributed by atoms with van der Waals surface area (Å²) in [5.41, 5.74) is 2.33. The van der Waals surface area contributed by atoms with Crippen molar-refractivity contribution in [2.45, 2.75) is 38.6 Å². The zero-order chi connectivity index (χ0) is 18.6. The maximum atomic E-state index is 12.9. The van der Waals surface area contributed by atoms with Crippen LogP contribution in [0.4, 0.5) is 0 Å². The predicted octanol–water partition coefficient (Wildman–Crippen LogP) is 3.73. The number of carbonyl (C=O) groups excluding carboxylic acids is 1. The van der Waals surface area contributed by atoms with Gasteiger partial charge in [-0.1, -0.05) is 30.3 Å². The summed E-state index contributed by atoms with van der Waals surface area (Å²) in [6, 6.07) is 9.99. The van der Waals surface area contributed by atoms with E-state index >= 15 is 0 Å². The molecule has 6 heteroatoms. The molecule has 1 fully saturated rings. The first-order valence-electron chi connectivity index (χ1n) is 9.29. The molecular formula is C21H22N4O2. The van der Waals surface area contributed by atoms with Crippen molar-refractivity contribution in [2.75, 3.05) is 6.54 Å². The number of aryl methyl sites for hydroxylation is 1. The molecule has 1 aliphatic rings. The summed E-state index contributed by atoms with van der Waals surface area (Å²) < 4.78 is 6.02. The largest absolute Gasteiger partial charge is 0.443 e. The topological polar surface area (TPSA) is 72.1 Å². The second kappa shape index (κ2) is 7.70. The Labute approximate surface area is 158 Å². The fraction of sp³-hybridized carbons (Fsp3) is 0.333. The molecule has 4 rings (SSSR count). The summed E-state index contributed by atoms with van der Waals surface area (Å²) >= 11 is 0. The minimum atomic E-state index is -0.154. The molecule has 0 radical (unpaired) electrons. The summed E-state index contributed by atoms with van der Waals surface area (Å²) in [5.74, 6) is 1.30. The van der Waals surface area contributed by atoms with Crippen molar-refractivity contribution in [1.29, 1.82) is 0 Å². The summed E-state index contributed by atoms with van der Waals surface area (Å²) in [7, 11) is 0. The molecule has 2 aromatic heterocycles. The van der Waals surface area contributed by atoms with Crippen LogP contribution in [0.1, 0.15) is 58.7 Å². The van der Waals surface area contributed by atoms with Gasteiger partial charge >= 0.3 is 0 Å². The number of rotatable bonds is 4. The minimum Gasteiger partial charge on any atom is -0.443 e. The van der Waals surface area contributed by atoms with Crippen LogP contribution < -0.4 is 0 Å². The number of benzene rings is 1. The van der Waals surface area contributed by atoms with Gasteiger partial charge in [-0.2, -0.15) is 0 Å². The molecule has 1 aromatic carbocycles. The van der Waals surface area contributed by atoms with Crippen LogP contribution in [0.15, 0.2) is 53.3 Å². The van der Waals surface area contributed by atoms with Gasteiger partial charge in [-0.3, -0.25) is 9.78 Å². The molecule has 0 spiro atoms. The number of piperidine rings is 1. The third-order valence-electron chi connectivity index (χ3n) is 4.84. The van der Waals surface area contributed by atoms with Crippen LogP contribution in [0, 0.1) is 6.92 Å². The van der Waals surface area contributed by atoms with E-state index in [0.717, 1.165) is 30.7 Å². The van der Waals surface area contributed by atoms with Gasteiger partial charge in [-0.05, 0) is 31.7 Å². The number of hydrogen-bond acceptors (Lipinski definition) is 5. The van der Waals surface area contributed by atoms with E-state index in [-0.39, 0.29) is 11.9 Å². The number of hydrogen-bond donors (Lipinski definition) is 0. The Kier molecular flexibility index (Phi) is 4.96. The minimum absolute atomic E-state index is 0.116. The lowest BCUT2D eigenvalue weighted by atomic mass is 10.0. The Morgan fingerprint density at radius 2 is 1.96 bits per heavy atom. The van der Waals surface area contributed by atoms with E-state index in [9.17, 15) is 4.79 Å². The van der Waals surface area contributed by atoms with E-state index in [4.69, 9.17) is 4.42 Å². The Morgan fingerprint density at radius 3 is 2.74 bits per heavy atom. The number of likely N-dealkylation sites (tertiary alicyclic amines) is 1. The van der Waals surface area contributed by atoms with Crippen LogP contribution >= 0.6 is 0 Å². The van der Waals surface area contributed by atoms with Crippen LogP contribution in [0.5, 0.6) is 0 Å². The van der Waals surface area contributed by atoms with Crippen molar-refractivity contribution in [2.24, 2.45) is 0 Å². The van der Waals surface area contributed by atoms with Crippen molar-refractivity contribution in [1.82, 2.24) is 19.9 Å². The van der Waals surface area contributed by atoms with Crippen molar-refractivity contribution in [3.05, 3.63) is 77.5 Å². The monoisotopic (exact) mass is 362 g/mol. The van der Waals surface area contributed by atoms with Gasteiger partial charge in [0.25, 0.3) is 5.91 Å². The molecule has 1 amide bonds. The van der Waals surface area contributed by atoms with Crippen molar-refractivity contribution >= 4 is 5.91 Å². The van der Waals surface area contributed by atoms with Crippen LogP contribution in [0.2, 0.25) is 0 Å². The molecule has 1 saturated heterocycles. The Balaban J connectivity index is 1.54. The Bertz CT molecular complexity index is 905. The fourth-order valence-corrected chi connectivity index (χ4v) is 3.44. The van der Waals surface area contributed by atoms with Gasteiger partial charge in [0.1, 0.15) is 17.5 Å². The Hall–Kier alpha value is -3.02. The van der Waals surface area contributed by atoms with E-state index in [2.05, 4.69) is 27.1 Å². The van der Waals surface area contributed by atoms with Gasteiger partial charge in [0.2, 0.25) is 5.89 Å². The molecule has 138 valence electrons. The van der Waals surface area contributed by atoms with Crippen LogP contribution in [-0.2, 0) is 6.42 Å². The molecule has 27 heavy (non-hydrogen) atoms. The number of nitrogens with zero attached hydrogens (tertiary/aromatic N) is 4. The highest BCUT2D eigenvalue weighted by atomic mass is 16.4. The third kappa shape index (κ3) is 3.89. The molecule has 1 atom stereocenters. The summed E-state index contributed by atoms with van der Waals surface area (Å²) in [4.78, 5) is 27.7. The fourth-order valence-electron chi connectivity index (χ4n) is 3.44. The van der Waals surface area contributed by atoms with Gasteiger partial charge in [0, 0.05) is 19.2 Å². The molecule has 0 N–H and O–H groups in total. The summed E-state index contributed by atoms with van der Waals surface area (Å²) in [6.45, 7) is 2.53. The average molecular weight is 362 g/mol. The van der Waals surface area contributed by atoms with E-state index in [1.54, 1.807) is 18.6 Å². The number of amides is 1. The highest BCUT2D eigenvalue weighted by Gasteiger charge is 2.32. The highest BCUT2D eigenvalue weighted by molar-refractivity contribution is 5.92. The second-order valence-corrected chi connectivity index (χ2v) is 6.88. The lowest BCUT2D eigenvalue weighted by molar-refractivity contribution is 0.0563. The summed E-state index contributed by atoms with van der Waals surface area (Å²) in [5, 5.41) is 0. The number of carbonyl (C=O) groups is 1. The molecule has 1 aliphatic heterocycles. The molecule has 0 unspecified atom stereocenters. The maximum absolute atomic E-state index is 12.9. The van der Waals surface area contributed by atoms with Gasteiger partial charge in [0.15, 0.2) is 0 Å².